The van der Waals surface area contributed by atoms with E-state index in [1.165, 1.54) is 16.8 Å². The van der Waals surface area contributed by atoms with Crippen LogP contribution in [0.5, 0.6) is 0 Å². The summed E-state index contributed by atoms with van der Waals surface area (Å²) in [5, 5.41) is 0. The van der Waals surface area contributed by atoms with E-state index in [2.05, 4.69) is 35.5 Å². The first-order valence-corrected chi connectivity index (χ1v) is 5.09. The standard InChI is InChI=1S/C10H12N2.C2H6/c1-7-4-10-5-11-8(2)6-12(10)9(7)3;1-2/h4-6H,1-3H3;1-2H3. The van der Waals surface area contributed by atoms with Crippen LogP contribution in [0.1, 0.15) is 30.8 Å². The maximum absolute atomic E-state index is 4.24. The molecule has 2 aromatic rings. The number of aromatic nitrogens is 2. The molecule has 0 aliphatic rings. The molecule has 0 aliphatic heterocycles. The molecule has 0 radical (unpaired) electrons. The lowest BCUT2D eigenvalue weighted by Gasteiger charge is -1.98. The smallest absolute Gasteiger partial charge is 0.0639 e. The van der Waals surface area contributed by atoms with Crippen LogP contribution in [0.25, 0.3) is 5.52 Å². The minimum Gasteiger partial charge on any atom is -0.318 e. The Hall–Kier alpha value is -1.31. The Labute approximate surface area is 85.6 Å². The third-order valence-electron chi connectivity index (χ3n) is 2.29. The van der Waals surface area contributed by atoms with Crippen molar-refractivity contribution < 1.29 is 0 Å². The fourth-order valence-electron chi connectivity index (χ4n) is 1.44. The van der Waals surface area contributed by atoms with Gasteiger partial charge in [-0.2, -0.15) is 0 Å². The Morgan fingerprint density at radius 2 is 1.79 bits per heavy atom. The summed E-state index contributed by atoms with van der Waals surface area (Å²) in [5.41, 5.74) is 4.86. The third-order valence-corrected chi connectivity index (χ3v) is 2.29. The molecule has 0 aliphatic carbocycles. The van der Waals surface area contributed by atoms with E-state index in [1.807, 2.05) is 27.0 Å². The molecule has 14 heavy (non-hydrogen) atoms. The summed E-state index contributed by atoms with van der Waals surface area (Å²) >= 11 is 0. The number of hydrogen-bond acceptors (Lipinski definition) is 1. The normalized spacial score (nSPS) is 9.79. The summed E-state index contributed by atoms with van der Waals surface area (Å²) in [6.07, 6.45) is 3.98. The van der Waals surface area contributed by atoms with Gasteiger partial charge in [0.1, 0.15) is 0 Å². The van der Waals surface area contributed by atoms with Crippen molar-refractivity contribution in [1.29, 1.82) is 0 Å². The van der Waals surface area contributed by atoms with Crippen molar-refractivity contribution in [2.75, 3.05) is 0 Å². The summed E-state index contributed by atoms with van der Waals surface area (Å²) < 4.78 is 2.18. The van der Waals surface area contributed by atoms with Crippen LogP contribution in [0.2, 0.25) is 0 Å². The van der Waals surface area contributed by atoms with E-state index in [9.17, 15) is 0 Å². The Balaban J connectivity index is 0.000000461. The first-order chi connectivity index (χ1) is 6.68. The van der Waals surface area contributed by atoms with Crippen LogP contribution in [0, 0.1) is 20.8 Å². The third kappa shape index (κ3) is 1.79. The number of aryl methyl sites for hydroxylation is 3. The highest BCUT2D eigenvalue weighted by Gasteiger charge is 2.01. The van der Waals surface area contributed by atoms with Gasteiger partial charge in [-0.15, -0.1) is 0 Å². The van der Waals surface area contributed by atoms with Crippen LogP contribution >= 0.6 is 0 Å². The monoisotopic (exact) mass is 190 g/mol. The second-order valence-electron chi connectivity index (χ2n) is 3.24. The van der Waals surface area contributed by atoms with Gasteiger partial charge in [0, 0.05) is 11.9 Å². The van der Waals surface area contributed by atoms with E-state index in [-0.39, 0.29) is 0 Å². The highest BCUT2D eigenvalue weighted by atomic mass is 14.9. The molecule has 0 saturated carbocycles. The van der Waals surface area contributed by atoms with Gasteiger partial charge in [0.2, 0.25) is 0 Å². The zero-order valence-electron chi connectivity index (χ0n) is 9.63. The summed E-state index contributed by atoms with van der Waals surface area (Å²) in [6, 6.07) is 2.15. The van der Waals surface area contributed by atoms with E-state index in [4.69, 9.17) is 0 Å². The topological polar surface area (TPSA) is 17.3 Å². The molecular weight excluding hydrogens is 172 g/mol. The SMILES string of the molecule is CC.Cc1cn2c(C)c(C)cc2cn1. The molecule has 0 aromatic carbocycles. The maximum Gasteiger partial charge on any atom is 0.0639 e. The molecular formula is C12H18N2. The molecule has 0 saturated heterocycles. The van der Waals surface area contributed by atoms with Gasteiger partial charge in [0.25, 0.3) is 0 Å². The first kappa shape index (κ1) is 10.8. The molecule has 0 fully saturated rings. The van der Waals surface area contributed by atoms with Crippen LogP contribution in [0.15, 0.2) is 18.5 Å². The number of hydrogen-bond donors (Lipinski definition) is 0. The Morgan fingerprint density at radius 3 is 2.43 bits per heavy atom. The molecule has 0 unspecified atom stereocenters. The fourth-order valence-corrected chi connectivity index (χ4v) is 1.44. The number of nitrogens with zero attached hydrogens (tertiary/aromatic N) is 2. The van der Waals surface area contributed by atoms with Crippen molar-refractivity contribution in [3.8, 4) is 0 Å². The molecule has 0 atom stereocenters. The average Bonchev–Trinajstić information content (AvgIpc) is 2.48. The van der Waals surface area contributed by atoms with Gasteiger partial charge in [-0.25, -0.2) is 0 Å². The molecule has 2 heterocycles. The summed E-state index contributed by atoms with van der Waals surface area (Å²) in [7, 11) is 0. The Morgan fingerprint density at radius 1 is 1.14 bits per heavy atom. The van der Waals surface area contributed by atoms with Crippen molar-refractivity contribution in [2.24, 2.45) is 0 Å². The van der Waals surface area contributed by atoms with Crippen LogP contribution in [0.4, 0.5) is 0 Å². The van der Waals surface area contributed by atoms with Gasteiger partial charge in [-0.05, 0) is 32.4 Å². The van der Waals surface area contributed by atoms with Crippen molar-refractivity contribution in [1.82, 2.24) is 9.38 Å². The molecule has 76 valence electrons. The summed E-state index contributed by atoms with van der Waals surface area (Å²) in [5.74, 6) is 0. The molecule has 2 aromatic heterocycles. The quantitative estimate of drug-likeness (QED) is 0.623. The zero-order chi connectivity index (χ0) is 10.7. The van der Waals surface area contributed by atoms with E-state index in [0.29, 0.717) is 0 Å². The van der Waals surface area contributed by atoms with E-state index in [0.717, 1.165) is 5.69 Å². The van der Waals surface area contributed by atoms with E-state index >= 15 is 0 Å². The molecule has 0 bridgehead atoms. The average molecular weight is 190 g/mol. The van der Waals surface area contributed by atoms with Crippen molar-refractivity contribution in [3.63, 3.8) is 0 Å². The molecule has 2 heteroatoms. The van der Waals surface area contributed by atoms with E-state index in [1.54, 1.807) is 0 Å². The molecule has 2 nitrogen and oxygen atoms in total. The van der Waals surface area contributed by atoms with Gasteiger partial charge in [-0.3, -0.25) is 4.98 Å². The lowest BCUT2D eigenvalue weighted by Crippen LogP contribution is -1.90. The second kappa shape index (κ2) is 4.27. The van der Waals surface area contributed by atoms with Crippen molar-refractivity contribution in [3.05, 3.63) is 35.4 Å². The Bertz CT molecular complexity index is 427. The molecule has 2 rings (SSSR count). The van der Waals surface area contributed by atoms with Gasteiger partial charge in [-0.1, -0.05) is 13.8 Å². The summed E-state index contributed by atoms with van der Waals surface area (Å²) in [6.45, 7) is 10.3. The fraction of sp³-hybridized carbons (Fsp3) is 0.417. The first-order valence-electron chi connectivity index (χ1n) is 5.09. The predicted molar refractivity (Wildman–Crippen MR) is 60.8 cm³/mol. The highest BCUT2D eigenvalue weighted by Crippen LogP contribution is 2.13. The minimum absolute atomic E-state index is 1.06. The zero-order valence-corrected chi connectivity index (χ0v) is 9.63. The second-order valence-corrected chi connectivity index (χ2v) is 3.24. The number of fused-ring (bicyclic) bond motifs is 1. The minimum atomic E-state index is 1.06. The maximum atomic E-state index is 4.24. The largest absolute Gasteiger partial charge is 0.318 e. The highest BCUT2D eigenvalue weighted by molar-refractivity contribution is 5.51. The van der Waals surface area contributed by atoms with Crippen LogP contribution in [-0.2, 0) is 0 Å². The van der Waals surface area contributed by atoms with Crippen LogP contribution in [-0.4, -0.2) is 9.38 Å². The van der Waals surface area contributed by atoms with E-state index < -0.39 is 0 Å². The van der Waals surface area contributed by atoms with Crippen LogP contribution in [0.3, 0.4) is 0 Å². The van der Waals surface area contributed by atoms with Gasteiger partial charge in [0.15, 0.2) is 0 Å². The number of rotatable bonds is 0. The Kier molecular flexibility index (Phi) is 3.28. The lowest BCUT2D eigenvalue weighted by molar-refractivity contribution is 1.03. The van der Waals surface area contributed by atoms with Crippen molar-refractivity contribution in [2.45, 2.75) is 34.6 Å². The molecule has 0 N–H and O–H groups in total. The summed E-state index contributed by atoms with van der Waals surface area (Å²) in [4.78, 5) is 4.24. The van der Waals surface area contributed by atoms with Gasteiger partial charge in [0.05, 0.1) is 17.4 Å². The van der Waals surface area contributed by atoms with Gasteiger partial charge >= 0.3 is 0 Å². The lowest BCUT2D eigenvalue weighted by atomic mass is 10.3. The molecule has 0 spiro atoms. The molecule has 0 amide bonds. The predicted octanol–water partition coefficient (Wildman–Crippen LogP) is 3.29. The van der Waals surface area contributed by atoms with Crippen LogP contribution < -0.4 is 0 Å². The van der Waals surface area contributed by atoms with Gasteiger partial charge < -0.3 is 4.40 Å². The van der Waals surface area contributed by atoms with Crippen molar-refractivity contribution >= 4 is 5.52 Å².